The molecule has 108 valence electrons. The minimum Gasteiger partial charge on any atom is -0.348 e. The first-order valence-electron chi connectivity index (χ1n) is 7.27. The first kappa shape index (κ1) is 14.8. The summed E-state index contributed by atoms with van der Waals surface area (Å²) in [5.41, 5.74) is 1.18. The molecule has 0 amide bonds. The molecule has 1 fully saturated rings. The largest absolute Gasteiger partial charge is 0.348 e. The predicted molar refractivity (Wildman–Crippen MR) is 83.0 cm³/mol. The molecule has 1 aliphatic rings. The molecule has 1 aromatic heterocycles. The van der Waals surface area contributed by atoms with Crippen LogP contribution in [0, 0.1) is 0 Å². The number of aromatic nitrogens is 1. The van der Waals surface area contributed by atoms with Crippen molar-refractivity contribution in [2.45, 2.75) is 38.8 Å². The minimum atomic E-state index is 0.738. The molecule has 4 nitrogen and oxygen atoms in total. The Kier molecular flexibility index (Phi) is 5.60. The van der Waals surface area contributed by atoms with Crippen LogP contribution < -0.4 is 10.2 Å². The summed E-state index contributed by atoms with van der Waals surface area (Å²) in [5, 5.41) is 6.80. The smallest absolute Gasteiger partial charge is 0.185 e. The summed E-state index contributed by atoms with van der Waals surface area (Å²) in [7, 11) is 4.36. The van der Waals surface area contributed by atoms with E-state index in [2.05, 4.69) is 41.5 Å². The van der Waals surface area contributed by atoms with Crippen molar-refractivity contribution >= 4 is 16.5 Å². The Bertz CT molecular complexity index is 369. The number of thiazole rings is 1. The first-order chi connectivity index (χ1) is 9.20. The quantitative estimate of drug-likeness (QED) is 0.810. The van der Waals surface area contributed by atoms with Gasteiger partial charge in [0.2, 0.25) is 0 Å². The van der Waals surface area contributed by atoms with E-state index in [-0.39, 0.29) is 0 Å². The zero-order valence-electron chi connectivity index (χ0n) is 12.4. The molecule has 0 aliphatic carbocycles. The summed E-state index contributed by atoms with van der Waals surface area (Å²) in [6, 6.07) is 0.738. The molecule has 0 bridgehead atoms. The monoisotopic (exact) mass is 282 g/mol. The van der Waals surface area contributed by atoms with Crippen LogP contribution in [0.5, 0.6) is 0 Å². The summed E-state index contributed by atoms with van der Waals surface area (Å²) < 4.78 is 0. The highest BCUT2D eigenvalue weighted by atomic mass is 32.1. The summed E-state index contributed by atoms with van der Waals surface area (Å²) >= 11 is 1.78. The third kappa shape index (κ3) is 4.16. The second kappa shape index (κ2) is 7.22. The van der Waals surface area contributed by atoms with E-state index in [0.717, 1.165) is 32.2 Å². The number of nitrogens with one attached hydrogen (secondary N) is 1. The van der Waals surface area contributed by atoms with Gasteiger partial charge < -0.3 is 15.1 Å². The number of hydrogen-bond donors (Lipinski definition) is 1. The molecule has 2 rings (SSSR count). The van der Waals surface area contributed by atoms with Gasteiger partial charge in [-0.1, -0.05) is 6.92 Å². The average Bonchev–Trinajstić information content (AvgIpc) is 2.88. The fourth-order valence-corrected chi connectivity index (χ4v) is 3.37. The highest BCUT2D eigenvalue weighted by molar-refractivity contribution is 7.13. The third-order valence-corrected chi connectivity index (χ3v) is 4.69. The second-order valence-corrected chi connectivity index (χ2v) is 6.32. The van der Waals surface area contributed by atoms with Gasteiger partial charge >= 0.3 is 0 Å². The van der Waals surface area contributed by atoms with E-state index in [1.165, 1.54) is 30.1 Å². The van der Waals surface area contributed by atoms with Gasteiger partial charge in [0.05, 0.1) is 5.69 Å². The molecule has 0 atom stereocenters. The number of hydrogen-bond acceptors (Lipinski definition) is 5. The molecule has 2 heterocycles. The van der Waals surface area contributed by atoms with E-state index in [1.807, 2.05) is 0 Å². The molecule has 1 saturated heterocycles. The summed E-state index contributed by atoms with van der Waals surface area (Å²) in [6.45, 7) is 6.43. The van der Waals surface area contributed by atoms with E-state index in [1.54, 1.807) is 11.3 Å². The minimum absolute atomic E-state index is 0.738. The SMILES string of the molecule is CCCNCc1csc(N2CCC(N(C)C)CC2)n1. The molecule has 0 aromatic carbocycles. The maximum absolute atomic E-state index is 4.74. The molecule has 19 heavy (non-hydrogen) atoms. The molecular formula is C14H26N4S. The Morgan fingerprint density at radius 2 is 2.16 bits per heavy atom. The lowest BCUT2D eigenvalue weighted by atomic mass is 10.0. The fraction of sp³-hybridized carbons (Fsp3) is 0.786. The lowest BCUT2D eigenvalue weighted by Gasteiger charge is -2.35. The Morgan fingerprint density at radius 3 is 2.79 bits per heavy atom. The van der Waals surface area contributed by atoms with Crippen molar-refractivity contribution in [2.24, 2.45) is 0 Å². The maximum atomic E-state index is 4.74. The number of nitrogens with zero attached hydrogens (tertiary/aromatic N) is 3. The van der Waals surface area contributed by atoms with Crippen LogP contribution in [0.2, 0.25) is 0 Å². The van der Waals surface area contributed by atoms with Gasteiger partial charge in [-0.2, -0.15) is 0 Å². The van der Waals surface area contributed by atoms with Gasteiger partial charge in [-0.05, 0) is 39.9 Å². The van der Waals surface area contributed by atoms with Crippen LogP contribution in [0.25, 0.3) is 0 Å². The van der Waals surface area contributed by atoms with Crippen molar-refractivity contribution in [3.63, 3.8) is 0 Å². The fourth-order valence-electron chi connectivity index (χ4n) is 2.49. The molecule has 0 spiro atoms. The maximum Gasteiger partial charge on any atom is 0.185 e. The van der Waals surface area contributed by atoms with E-state index in [4.69, 9.17) is 4.98 Å². The van der Waals surface area contributed by atoms with Gasteiger partial charge in [0, 0.05) is 31.1 Å². The standard InChI is InChI=1S/C14H26N4S/c1-4-7-15-10-12-11-19-14(16-12)18-8-5-13(6-9-18)17(2)3/h11,13,15H,4-10H2,1-3H3. The normalized spacial score (nSPS) is 17.4. The predicted octanol–water partition coefficient (Wildman–Crippen LogP) is 2.17. The Morgan fingerprint density at radius 1 is 1.42 bits per heavy atom. The first-order valence-corrected chi connectivity index (χ1v) is 8.15. The van der Waals surface area contributed by atoms with Crippen LogP contribution in [0.3, 0.4) is 0 Å². The van der Waals surface area contributed by atoms with E-state index in [0.29, 0.717) is 0 Å². The Hall–Kier alpha value is -0.650. The molecule has 0 radical (unpaired) electrons. The van der Waals surface area contributed by atoms with Crippen molar-refractivity contribution < 1.29 is 0 Å². The van der Waals surface area contributed by atoms with Crippen molar-refractivity contribution in [3.05, 3.63) is 11.1 Å². The van der Waals surface area contributed by atoms with Crippen LogP contribution in [-0.4, -0.2) is 49.7 Å². The number of rotatable bonds is 6. The van der Waals surface area contributed by atoms with Gasteiger partial charge in [0.15, 0.2) is 5.13 Å². The van der Waals surface area contributed by atoms with Gasteiger partial charge in [-0.25, -0.2) is 4.98 Å². The molecule has 0 saturated carbocycles. The van der Waals surface area contributed by atoms with E-state index < -0.39 is 0 Å². The molecular weight excluding hydrogens is 256 g/mol. The molecule has 5 heteroatoms. The van der Waals surface area contributed by atoms with E-state index >= 15 is 0 Å². The number of piperidine rings is 1. The lowest BCUT2D eigenvalue weighted by Crippen LogP contribution is -2.41. The number of anilines is 1. The highest BCUT2D eigenvalue weighted by Crippen LogP contribution is 2.25. The summed E-state index contributed by atoms with van der Waals surface area (Å²) in [5.74, 6) is 0. The van der Waals surface area contributed by atoms with Crippen molar-refractivity contribution in [1.82, 2.24) is 15.2 Å². The topological polar surface area (TPSA) is 31.4 Å². The van der Waals surface area contributed by atoms with Gasteiger partial charge in [0.25, 0.3) is 0 Å². The van der Waals surface area contributed by atoms with E-state index in [9.17, 15) is 0 Å². The summed E-state index contributed by atoms with van der Waals surface area (Å²) in [6.07, 6.45) is 3.67. The van der Waals surface area contributed by atoms with Gasteiger partial charge in [0.1, 0.15) is 0 Å². The second-order valence-electron chi connectivity index (χ2n) is 5.48. The zero-order valence-corrected chi connectivity index (χ0v) is 13.2. The van der Waals surface area contributed by atoms with Crippen LogP contribution in [0.1, 0.15) is 31.9 Å². The van der Waals surface area contributed by atoms with Crippen LogP contribution >= 0.6 is 11.3 Å². The van der Waals surface area contributed by atoms with Crippen molar-refractivity contribution in [3.8, 4) is 0 Å². The van der Waals surface area contributed by atoms with Crippen molar-refractivity contribution in [2.75, 3.05) is 38.6 Å². The molecule has 1 aliphatic heterocycles. The van der Waals surface area contributed by atoms with Crippen LogP contribution in [0.4, 0.5) is 5.13 Å². The molecule has 1 aromatic rings. The van der Waals surface area contributed by atoms with Gasteiger partial charge in [-0.15, -0.1) is 11.3 Å². The molecule has 1 N–H and O–H groups in total. The molecule has 0 unspecified atom stereocenters. The van der Waals surface area contributed by atoms with Gasteiger partial charge in [-0.3, -0.25) is 0 Å². The Balaban J connectivity index is 1.82. The third-order valence-electron chi connectivity index (χ3n) is 3.74. The zero-order chi connectivity index (χ0) is 13.7. The highest BCUT2D eigenvalue weighted by Gasteiger charge is 2.22. The van der Waals surface area contributed by atoms with Crippen molar-refractivity contribution in [1.29, 1.82) is 0 Å². The average molecular weight is 282 g/mol. The lowest BCUT2D eigenvalue weighted by molar-refractivity contribution is 0.249. The Labute approximate surface area is 120 Å². The van der Waals surface area contributed by atoms with Crippen LogP contribution in [0.15, 0.2) is 5.38 Å². The summed E-state index contributed by atoms with van der Waals surface area (Å²) in [4.78, 5) is 9.53. The van der Waals surface area contributed by atoms with Crippen LogP contribution in [-0.2, 0) is 6.54 Å².